The van der Waals surface area contributed by atoms with Gasteiger partial charge in [-0.15, -0.1) is 0 Å². The summed E-state index contributed by atoms with van der Waals surface area (Å²) in [5.74, 6) is 0.860. The van der Waals surface area contributed by atoms with Crippen LogP contribution in [0.2, 0.25) is 0 Å². The van der Waals surface area contributed by atoms with Gasteiger partial charge in [-0.3, -0.25) is 4.57 Å². The molecule has 0 aliphatic carbocycles. The van der Waals surface area contributed by atoms with Gasteiger partial charge in [-0.05, 0) is 37.8 Å². The lowest BCUT2D eigenvalue weighted by molar-refractivity contribution is 0.308. The van der Waals surface area contributed by atoms with Crippen molar-refractivity contribution < 1.29 is 8.42 Å². The Morgan fingerprint density at radius 1 is 1.00 bits per heavy atom. The normalized spacial score (nSPS) is 15.8. The SMILES string of the molecule is CCn1c(C2CCN(S(=O)(=O)Cc3cccc(C)c3)CC2)nn(Cc2ccccc2)c1=O. The van der Waals surface area contributed by atoms with E-state index in [4.69, 9.17) is 0 Å². The molecular weight excluding hydrogens is 424 g/mol. The Bertz CT molecular complexity index is 1220. The molecule has 2 heterocycles. The van der Waals surface area contributed by atoms with E-state index in [2.05, 4.69) is 5.10 Å². The molecule has 1 aliphatic heterocycles. The third-order valence-electron chi connectivity index (χ3n) is 6.09. The third-order valence-corrected chi connectivity index (χ3v) is 7.94. The molecule has 0 radical (unpaired) electrons. The van der Waals surface area contributed by atoms with Gasteiger partial charge in [0.25, 0.3) is 0 Å². The Kier molecular flexibility index (Phi) is 6.62. The van der Waals surface area contributed by atoms with E-state index in [1.807, 2.05) is 68.4 Å². The van der Waals surface area contributed by atoms with E-state index in [9.17, 15) is 13.2 Å². The van der Waals surface area contributed by atoms with E-state index in [-0.39, 0.29) is 17.4 Å². The number of aromatic nitrogens is 3. The Balaban J connectivity index is 1.47. The Hall–Kier alpha value is -2.71. The summed E-state index contributed by atoms with van der Waals surface area (Å²) in [5.41, 5.74) is 2.78. The van der Waals surface area contributed by atoms with Crippen LogP contribution in [0.4, 0.5) is 0 Å². The molecule has 7 nitrogen and oxygen atoms in total. The molecule has 32 heavy (non-hydrogen) atoms. The molecule has 170 valence electrons. The molecule has 4 rings (SSSR count). The predicted octanol–water partition coefficient (Wildman–Crippen LogP) is 3.13. The topological polar surface area (TPSA) is 77.2 Å². The number of piperidine rings is 1. The average molecular weight is 455 g/mol. The number of hydrogen-bond donors (Lipinski definition) is 0. The maximum Gasteiger partial charge on any atom is 0.346 e. The molecule has 0 atom stereocenters. The predicted molar refractivity (Wildman–Crippen MR) is 125 cm³/mol. The number of nitrogens with zero attached hydrogens (tertiary/aromatic N) is 4. The second-order valence-corrected chi connectivity index (χ2v) is 10.4. The molecule has 8 heteroatoms. The second-order valence-electron chi connectivity index (χ2n) is 8.45. The van der Waals surface area contributed by atoms with Crippen LogP contribution in [0, 0.1) is 6.92 Å². The molecule has 0 amide bonds. The monoisotopic (exact) mass is 454 g/mol. The highest BCUT2D eigenvalue weighted by atomic mass is 32.2. The van der Waals surface area contributed by atoms with Gasteiger partial charge in [0.05, 0.1) is 12.3 Å². The highest BCUT2D eigenvalue weighted by Gasteiger charge is 2.31. The summed E-state index contributed by atoms with van der Waals surface area (Å²) >= 11 is 0. The maximum absolute atomic E-state index is 12.9. The zero-order chi connectivity index (χ0) is 22.7. The van der Waals surface area contributed by atoms with Crippen LogP contribution in [-0.4, -0.2) is 40.2 Å². The van der Waals surface area contributed by atoms with Crippen molar-refractivity contribution in [3.8, 4) is 0 Å². The van der Waals surface area contributed by atoms with Crippen molar-refractivity contribution in [1.82, 2.24) is 18.7 Å². The van der Waals surface area contributed by atoms with Crippen LogP contribution in [0.15, 0.2) is 59.4 Å². The zero-order valence-corrected chi connectivity index (χ0v) is 19.5. The fraction of sp³-hybridized carbons (Fsp3) is 0.417. The highest BCUT2D eigenvalue weighted by molar-refractivity contribution is 7.88. The molecule has 1 aliphatic rings. The van der Waals surface area contributed by atoms with Crippen LogP contribution in [0.1, 0.15) is 48.2 Å². The molecule has 2 aromatic carbocycles. The van der Waals surface area contributed by atoms with E-state index in [0.717, 1.165) is 22.5 Å². The molecule has 1 fully saturated rings. The molecule has 0 saturated carbocycles. The number of hydrogen-bond acceptors (Lipinski definition) is 4. The molecule has 0 spiro atoms. The first-order chi connectivity index (χ1) is 15.4. The smallest absolute Gasteiger partial charge is 0.279 e. The van der Waals surface area contributed by atoms with Gasteiger partial charge in [0.2, 0.25) is 10.0 Å². The second kappa shape index (κ2) is 9.42. The van der Waals surface area contributed by atoms with Crippen LogP contribution in [0.5, 0.6) is 0 Å². The van der Waals surface area contributed by atoms with Crippen molar-refractivity contribution in [3.63, 3.8) is 0 Å². The van der Waals surface area contributed by atoms with Gasteiger partial charge in [-0.1, -0.05) is 60.2 Å². The molecule has 1 aromatic heterocycles. The fourth-order valence-electron chi connectivity index (χ4n) is 4.41. The first kappa shape index (κ1) is 22.5. The molecule has 3 aromatic rings. The average Bonchev–Trinajstić information content (AvgIpc) is 3.09. The minimum absolute atomic E-state index is 0.0186. The number of benzene rings is 2. The van der Waals surface area contributed by atoms with Gasteiger partial charge >= 0.3 is 5.69 Å². The van der Waals surface area contributed by atoms with Crippen molar-refractivity contribution in [3.05, 3.63) is 87.6 Å². The quantitative estimate of drug-likeness (QED) is 0.550. The van der Waals surface area contributed by atoms with E-state index < -0.39 is 10.0 Å². The molecular formula is C24H30N4O3S. The van der Waals surface area contributed by atoms with Crippen LogP contribution in [0.3, 0.4) is 0 Å². The minimum Gasteiger partial charge on any atom is -0.279 e. The van der Waals surface area contributed by atoms with Crippen molar-refractivity contribution in [2.75, 3.05) is 13.1 Å². The Morgan fingerprint density at radius 3 is 2.34 bits per heavy atom. The molecule has 0 N–H and O–H groups in total. The van der Waals surface area contributed by atoms with Gasteiger partial charge in [-0.2, -0.15) is 5.10 Å². The van der Waals surface area contributed by atoms with Crippen molar-refractivity contribution in [1.29, 1.82) is 0 Å². The van der Waals surface area contributed by atoms with E-state index in [1.54, 1.807) is 8.87 Å². The Labute approximate surface area is 189 Å². The first-order valence-electron chi connectivity index (χ1n) is 11.1. The first-order valence-corrected chi connectivity index (χ1v) is 12.7. The van der Waals surface area contributed by atoms with Gasteiger partial charge in [0, 0.05) is 25.6 Å². The lowest BCUT2D eigenvalue weighted by atomic mass is 9.97. The summed E-state index contributed by atoms with van der Waals surface area (Å²) in [6.07, 6.45) is 1.32. The van der Waals surface area contributed by atoms with Crippen molar-refractivity contribution >= 4 is 10.0 Å². The van der Waals surface area contributed by atoms with E-state index >= 15 is 0 Å². The van der Waals surface area contributed by atoms with E-state index in [0.29, 0.717) is 39.0 Å². The minimum atomic E-state index is -3.38. The Morgan fingerprint density at radius 2 is 1.69 bits per heavy atom. The summed E-state index contributed by atoms with van der Waals surface area (Å²) in [6, 6.07) is 17.4. The van der Waals surface area contributed by atoms with Crippen molar-refractivity contribution in [2.24, 2.45) is 0 Å². The van der Waals surface area contributed by atoms with Crippen LogP contribution in [0.25, 0.3) is 0 Å². The molecule has 0 bridgehead atoms. The summed E-state index contributed by atoms with van der Waals surface area (Å²) in [5, 5.41) is 4.66. The van der Waals surface area contributed by atoms with Gasteiger partial charge in [0.15, 0.2) is 0 Å². The van der Waals surface area contributed by atoms with Crippen molar-refractivity contribution in [2.45, 2.75) is 51.4 Å². The van der Waals surface area contributed by atoms with E-state index in [1.165, 1.54) is 4.68 Å². The number of aryl methyl sites for hydroxylation is 1. The van der Waals surface area contributed by atoms with Crippen LogP contribution in [-0.2, 0) is 28.9 Å². The molecule has 1 saturated heterocycles. The summed E-state index contributed by atoms with van der Waals surface area (Å²) in [6.45, 7) is 5.79. The lowest BCUT2D eigenvalue weighted by Gasteiger charge is -2.30. The zero-order valence-electron chi connectivity index (χ0n) is 18.6. The maximum atomic E-state index is 12.9. The van der Waals surface area contributed by atoms with Gasteiger partial charge in [-0.25, -0.2) is 22.2 Å². The largest absolute Gasteiger partial charge is 0.346 e. The van der Waals surface area contributed by atoms with Crippen LogP contribution < -0.4 is 5.69 Å². The highest BCUT2D eigenvalue weighted by Crippen LogP contribution is 2.28. The fourth-order valence-corrected chi connectivity index (χ4v) is 5.96. The van der Waals surface area contributed by atoms with Crippen LogP contribution >= 0.6 is 0 Å². The summed E-state index contributed by atoms with van der Waals surface area (Å²) in [4.78, 5) is 12.9. The number of sulfonamides is 1. The van der Waals surface area contributed by atoms with Gasteiger partial charge in [0.1, 0.15) is 5.82 Å². The number of rotatable bonds is 7. The van der Waals surface area contributed by atoms with Gasteiger partial charge < -0.3 is 0 Å². The summed E-state index contributed by atoms with van der Waals surface area (Å²) in [7, 11) is -3.38. The molecule has 0 unspecified atom stereocenters. The third kappa shape index (κ3) is 4.86. The standard InChI is InChI=1S/C24H30N4O3S/c1-3-27-23(25-28(24(27)29)17-20-9-5-4-6-10-20)22-12-14-26(15-13-22)32(30,31)18-21-11-7-8-19(2)16-21/h4-11,16,22H,3,12-15,17-18H2,1-2H3. The lowest BCUT2D eigenvalue weighted by Crippen LogP contribution is -2.39. The summed E-state index contributed by atoms with van der Waals surface area (Å²) < 4.78 is 30.7.